The lowest BCUT2D eigenvalue weighted by Gasteiger charge is -2.30. The molecular formula is C27H26N4OS. The molecule has 0 amide bonds. The molecule has 2 atom stereocenters. The number of benzene rings is 2. The van der Waals surface area contributed by atoms with Crippen LogP contribution in [0.2, 0.25) is 0 Å². The van der Waals surface area contributed by atoms with E-state index in [1.807, 2.05) is 48.7 Å². The van der Waals surface area contributed by atoms with Gasteiger partial charge in [-0.1, -0.05) is 24.3 Å². The van der Waals surface area contributed by atoms with Crippen LogP contribution in [-0.2, 0) is 0 Å². The summed E-state index contributed by atoms with van der Waals surface area (Å²) in [6.45, 7) is 4.28. The van der Waals surface area contributed by atoms with Crippen LogP contribution in [0.5, 0.6) is 5.75 Å². The highest BCUT2D eigenvalue weighted by Crippen LogP contribution is 2.44. The molecule has 1 aliphatic heterocycles. The first-order valence-electron chi connectivity index (χ1n) is 11.0. The summed E-state index contributed by atoms with van der Waals surface area (Å²) >= 11 is 5.88. The third-order valence-electron chi connectivity index (χ3n) is 6.29. The zero-order chi connectivity index (χ0) is 22.9. The van der Waals surface area contributed by atoms with Crippen LogP contribution in [0.25, 0.3) is 5.69 Å². The molecule has 6 heteroatoms. The number of aromatic nitrogens is 2. The van der Waals surface area contributed by atoms with Crippen molar-refractivity contribution in [3.8, 4) is 11.4 Å². The number of thiocarbonyl (C=S) groups is 1. The van der Waals surface area contributed by atoms with Gasteiger partial charge in [0.2, 0.25) is 0 Å². The number of anilines is 1. The van der Waals surface area contributed by atoms with Gasteiger partial charge in [-0.05, 0) is 85.7 Å². The van der Waals surface area contributed by atoms with Gasteiger partial charge in [0.05, 0.1) is 24.5 Å². The fourth-order valence-electron chi connectivity index (χ4n) is 4.49. The fraction of sp³-hybridized carbons (Fsp3) is 0.185. The first-order chi connectivity index (χ1) is 16.1. The van der Waals surface area contributed by atoms with E-state index in [2.05, 4.69) is 70.1 Å². The van der Waals surface area contributed by atoms with Crippen LogP contribution in [-0.4, -0.2) is 21.8 Å². The Kier molecular flexibility index (Phi) is 5.60. The Balaban J connectivity index is 1.69. The zero-order valence-electron chi connectivity index (χ0n) is 18.9. The summed E-state index contributed by atoms with van der Waals surface area (Å²) < 4.78 is 7.95. The van der Waals surface area contributed by atoms with Gasteiger partial charge in [-0.2, -0.15) is 0 Å². The van der Waals surface area contributed by atoms with Crippen molar-refractivity contribution in [1.82, 2.24) is 14.9 Å². The van der Waals surface area contributed by atoms with Crippen LogP contribution in [0.15, 0.2) is 85.2 Å². The average Bonchev–Trinajstić information content (AvgIpc) is 3.45. The Morgan fingerprint density at radius 3 is 2.52 bits per heavy atom. The highest BCUT2D eigenvalue weighted by atomic mass is 32.1. The summed E-state index contributed by atoms with van der Waals surface area (Å²) in [7, 11) is 1.69. The number of rotatable bonds is 5. The number of nitrogens with zero attached hydrogens (tertiary/aromatic N) is 3. The van der Waals surface area contributed by atoms with Crippen LogP contribution in [0.1, 0.15) is 34.6 Å². The third-order valence-corrected chi connectivity index (χ3v) is 6.61. The summed E-state index contributed by atoms with van der Waals surface area (Å²) in [5.74, 6) is 0.776. The minimum atomic E-state index is -0.125. The van der Waals surface area contributed by atoms with E-state index in [0.29, 0.717) is 5.11 Å². The van der Waals surface area contributed by atoms with E-state index < -0.39 is 0 Å². The second-order valence-corrected chi connectivity index (χ2v) is 8.63. The molecule has 3 heterocycles. The smallest absolute Gasteiger partial charge is 0.174 e. The number of pyridine rings is 1. The van der Waals surface area contributed by atoms with Crippen molar-refractivity contribution in [3.63, 3.8) is 0 Å². The molecule has 166 valence electrons. The van der Waals surface area contributed by atoms with Crippen molar-refractivity contribution < 1.29 is 4.74 Å². The van der Waals surface area contributed by atoms with Gasteiger partial charge in [0, 0.05) is 23.8 Å². The maximum atomic E-state index is 5.88. The van der Waals surface area contributed by atoms with Gasteiger partial charge in [0.15, 0.2) is 5.11 Å². The lowest BCUT2D eigenvalue weighted by molar-refractivity contribution is 0.414. The van der Waals surface area contributed by atoms with Gasteiger partial charge >= 0.3 is 0 Å². The topological polar surface area (TPSA) is 42.3 Å². The van der Waals surface area contributed by atoms with Gasteiger partial charge < -0.3 is 19.5 Å². The van der Waals surface area contributed by atoms with E-state index >= 15 is 0 Å². The summed E-state index contributed by atoms with van der Waals surface area (Å²) in [6.07, 6.45) is 3.93. The van der Waals surface area contributed by atoms with Crippen molar-refractivity contribution in [2.45, 2.75) is 25.9 Å². The van der Waals surface area contributed by atoms with Crippen LogP contribution < -0.4 is 15.0 Å². The Morgan fingerprint density at radius 1 is 0.939 bits per heavy atom. The Morgan fingerprint density at radius 2 is 1.76 bits per heavy atom. The first-order valence-corrected chi connectivity index (χ1v) is 11.4. The summed E-state index contributed by atoms with van der Waals surface area (Å²) in [5.41, 5.74) is 6.64. The molecule has 5 rings (SSSR count). The number of hydrogen-bond acceptors (Lipinski definition) is 3. The van der Waals surface area contributed by atoms with Gasteiger partial charge in [0.25, 0.3) is 0 Å². The molecule has 2 aromatic heterocycles. The number of methoxy groups -OCH3 is 1. The normalized spacial score (nSPS) is 17.8. The molecule has 0 saturated carbocycles. The average molecular weight is 455 g/mol. The molecule has 0 radical (unpaired) electrons. The first kappa shape index (κ1) is 21.2. The Hall–Kier alpha value is -3.64. The van der Waals surface area contributed by atoms with E-state index in [1.54, 1.807) is 7.11 Å². The maximum absolute atomic E-state index is 5.88. The van der Waals surface area contributed by atoms with Gasteiger partial charge in [-0.25, -0.2) is 0 Å². The lowest BCUT2D eigenvalue weighted by Crippen LogP contribution is -2.30. The highest BCUT2D eigenvalue weighted by Gasteiger charge is 2.43. The molecular weight excluding hydrogens is 428 g/mol. The standard InChI is InChI=1S/C27H26N4OS/c1-18-13-14-20(17-19(18)2)30-16-8-11-23(30)26-25(21-9-6-7-15-28-21)29-27(33)31(26)22-10-4-5-12-24(22)32-3/h4-17,25-26H,1-3H3,(H,29,33)/t25-,26-/m1/s1. The van der Waals surface area contributed by atoms with E-state index in [-0.39, 0.29) is 12.1 Å². The Labute approximate surface area is 199 Å². The molecule has 1 fully saturated rings. The number of para-hydroxylation sites is 2. The van der Waals surface area contributed by atoms with Crippen LogP contribution >= 0.6 is 12.2 Å². The molecule has 1 saturated heterocycles. The van der Waals surface area contributed by atoms with Crippen LogP contribution in [0.4, 0.5) is 5.69 Å². The molecule has 2 aromatic carbocycles. The summed E-state index contributed by atoms with van der Waals surface area (Å²) in [4.78, 5) is 6.82. The molecule has 33 heavy (non-hydrogen) atoms. The maximum Gasteiger partial charge on any atom is 0.174 e. The monoisotopic (exact) mass is 454 g/mol. The molecule has 4 aromatic rings. The molecule has 1 N–H and O–H groups in total. The van der Waals surface area contributed by atoms with Crippen molar-refractivity contribution in [2.24, 2.45) is 0 Å². The summed E-state index contributed by atoms with van der Waals surface area (Å²) in [5, 5.41) is 4.18. The quantitative estimate of drug-likeness (QED) is 0.393. The van der Waals surface area contributed by atoms with E-state index in [1.165, 1.54) is 11.1 Å². The second kappa shape index (κ2) is 8.71. The van der Waals surface area contributed by atoms with E-state index in [0.717, 1.165) is 28.5 Å². The van der Waals surface area contributed by atoms with Crippen molar-refractivity contribution in [2.75, 3.05) is 12.0 Å². The zero-order valence-corrected chi connectivity index (χ0v) is 19.7. The van der Waals surface area contributed by atoms with Gasteiger partial charge in [-0.3, -0.25) is 4.98 Å². The molecule has 5 nitrogen and oxygen atoms in total. The largest absolute Gasteiger partial charge is 0.495 e. The number of ether oxygens (including phenoxy) is 1. The third kappa shape index (κ3) is 3.76. The highest BCUT2D eigenvalue weighted by molar-refractivity contribution is 7.80. The number of aryl methyl sites for hydroxylation is 2. The van der Waals surface area contributed by atoms with E-state index in [9.17, 15) is 0 Å². The minimum Gasteiger partial charge on any atom is -0.495 e. The van der Waals surface area contributed by atoms with Crippen LogP contribution in [0.3, 0.4) is 0 Å². The molecule has 0 aliphatic carbocycles. The second-order valence-electron chi connectivity index (χ2n) is 8.24. The molecule has 0 spiro atoms. The number of nitrogens with one attached hydrogen (secondary N) is 1. The molecule has 0 unspecified atom stereocenters. The van der Waals surface area contributed by atoms with Crippen molar-refractivity contribution >= 4 is 23.0 Å². The van der Waals surface area contributed by atoms with Gasteiger partial charge in [0.1, 0.15) is 11.8 Å². The number of hydrogen-bond donors (Lipinski definition) is 1. The van der Waals surface area contributed by atoms with Gasteiger partial charge in [-0.15, -0.1) is 0 Å². The lowest BCUT2D eigenvalue weighted by atomic mass is 10.0. The van der Waals surface area contributed by atoms with Crippen LogP contribution in [0, 0.1) is 13.8 Å². The predicted octanol–water partition coefficient (Wildman–Crippen LogP) is 5.67. The minimum absolute atomic E-state index is 0.121. The van der Waals surface area contributed by atoms with Crippen molar-refractivity contribution in [3.05, 3.63) is 108 Å². The fourth-order valence-corrected chi connectivity index (χ4v) is 4.83. The molecule has 1 aliphatic rings. The predicted molar refractivity (Wildman–Crippen MR) is 136 cm³/mol. The van der Waals surface area contributed by atoms with Crippen molar-refractivity contribution in [1.29, 1.82) is 0 Å². The van der Waals surface area contributed by atoms with E-state index in [4.69, 9.17) is 17.0 Å². The summed E-state index contributed by atoms with van der Waals surface area (Å²) in [6, 6.07) is 24.5. The Bertz CT molecular complexity index is 1300. The molecule has 0 bridgehead atoms. The SMILES string of the molecule is COc1ccccc1N1C(=S)N[C@H](c2ccccn2)[C@H]1c1cccn1-c1ccc(C)c(C)c1.